The molecule has 4 heterocycles. The SMILES string of the molecule is COc1ccc([C@H](Cc2c(Cl)c[n+](O)cc2Cl)c2cc(CN(C(=O)O[C@H]3CN4CCC3CC4)c3cc(F)ccc3F)ccc2C(=O)O)cc1OC. The number of benzene rings is 3. The van der Waals surface area contributed by atoms with Crippen molar-refractivity contribution >= 4 is 41.0 Å². The highest BCUT2D eigenvalue weighted by Gasteiger charge is 2.38. The number of halogens is 4. The third-order valence-corrected chi connectivity index (χ3v) is 10.3. The van der Waals surface area contributed by atoms with Gasteiger partial charge in [-0.1, -0.05) is 41.4 Å². The number of carbonyl (C=O) groups excluding carboxylic acids is 1. The Kier molecular flexibility index (Phi) is 10.8. The summed E-state index contributed by atoms with van der Waals surface area (Å²) >= 11 is 13.1. The number of aromatic carboxylic acids is 1. The molecule has 51 heavy (non-hydrogen) atoms. The van der Waals surface area contributed by atoms with Crippen LogP contribution >= 0.6 is 23.2 Å². The zero-order valence-corrected chi connectivity index (χ0v) is 29.3. The average molecular weight is 744 g/mol. The van der Waals surface area contributed by atoms with Crippen molar-refractivity contribution in [2.24, 2.45) is 5.92 Å². The largest absolute Gasteiger partial charge is 0.493 e. The monoisotopic (exact) mass is 742 g/mol. The van der Waals surface area contributed by atoms with Crippen LogP contribution in [0, 0.1) is 17.6 Å². The van der Waals surface area contributed by atoms with Crippen molar-refractivity contribution in [3.63, 3.8) is 0 Å². The number of aromatic nitrogens is 1. The summed E-state index contributed by atoms with van der Waals surface area (Å²) < 4.78 is 47.5. The lowest BCUT2D eigenvalue weighted by molar-refractivity contribution is -0.904. The fourth-order valence-corrected chi connectivity index (χ4v) is 7.58. The predicted octanol–water partition coefficient (Wildman–Crippen LogP) is 7.12. The summed E-state index contributed by atoms with van der Waals surface area (Å²) in [5.74, 6) is -2.55. The average Bonchev–Trinajstić information content (AvgIpc) is 3.11. The minimum absolute atomic E-state index is 0.0581. The molecular formula is C37H36Cl2F2N3O7+. The van der Waals surface area contributed by atoms with Gasteiger partial charge in [0.2, 0.25) is 12.4 Å². The Labute approximate surface area is 303 Å². The normalized spacial score (nSPS) is 18.6. The molecule has 0 radical (unpaired) electrons. The van der Waals surface area contributed by atoms with Gasteiger partial charge in [0.25, 0.3) is 0 Å². The second-order valence-corrected chi connectivity index (χ2v) is 13.5. The number of nitrogens with zero attached hydrogens (tertiary/aromatic N) is 3. The van der Waals surface area contributed by atoms with Gasteiger partial charge in [0.1, 0.15) is 27.8 Å². The summed E-state index contributed by atoms with van der Waals surface area (Å²) in [6, 6.07) is 12.5. The molecule has 3 saturated heterocycles. The van der Waals surface area contributed by atoms with E-state index in [4.69, 9.17) is 37.4 Å². The number of pyridine rings is 1. The number of ether oxygens (including phenoxy) is 3. The molecule has 0 unspecified atom stereocenters. The molecule has 3 aromatic carbocycles. The molecular weight excluding hydrogens is 707 g/mol. The molecule has 0 saturated carbocycles. The van der Waals surface area contributed by atoms with Gasteiger partial charge in [0.15, 0.2) is 11.5 Å². The van der Waals surface area contributed by atoms with Crippen LogP contribution in [0.1, 0.15) is 51.4 Å². The lowest BCUT2D eigenvalue weighted by Gasteiger charge is -2.44. The van der Waals surface area contributed by atoms with E-state index >= 15 is 4.39 Å². The van der Waals surface area contributed by atoms with E-state index in [9.17, 15) is 24.3 Å². The Morgan fingerprint density at radius 2 is 1.69 bits per heavy atom. The van der Waals surface area contributed by atoms with E-state index in [2.05, 4.69) is 4.90 Å². The van der Waals surface area contributed by atoms with Gasteiger partial charge in [-0.2, -0.15) is 0 Å². The molecule has 7 rings (SSSR count). The van der Waals surface area contributed by atoms with E-state index in [0.29, 0.717) is 40.3 Å². The van der Waals surface area contributed by atoms with Gasteiger partial charge in [0, 0.05) is 28.8 Å². The van der Waals surface area contributed by atoms with Crippen LogP contribution in [0.2, 0.25) is 10.0 Å². The minimum Gasteiger partial charge on any atom is -0.493 e. The molecule has 2 bridgehead atoms. The van der Waals surface area contributed by atoms with Crippen molar-refractivity contribution < 1.29 is 47.6 Å². The van der Waals surface area contributed by atoms with Gasteiger partial charge in [-0.15, -0.1) is 0 Å². The molecule has 3 aliphatic heterocycles. The van der Waals surface area contributed by atoms with Gasteiger partial charge < -0.3 is 19.3 Å². The van der Waals surface area contributed by atoms with E-state index in [1.54, 1.807) is 24.3 Å². The fourth-order valence-electron chi connectivity index (χ4n) is 6.97. The summed E-state index contributed by atoms with van der Waals surface area (Å²) in [5, 5.41) is 20.6. The molecule has 3 aliphatic rings. The summed E-state index contributed by atoms with van der Waals surface area (Å²) in [5.41, 5.74) is 1.38. The van der Waals surface area contributed by atoms with Crippen molar-refractivity contribution in [1.82, 2.24) is 4.90 Å². The first-order chi connectivity index (χ1) is 24.4. The molecule has 0 aliphatic carbocycles. The third kappa shape index (κ3) is 7.83. The lowest BCUT2D eigenvalue weighted by atomic mass is 9.82. The van der Waals surface area contributed by atoms with Gasteiger partial charge in [-0.3, -0.25) is 15.0 Å². The second-order valence-electron chi connectivity index (χ2n) is 12.7. The maximum absolute atomic E-state index is 15.3. The number of carboxylic acids is 1. The van der Waals surface area contributed by atoms with Crippen LogP contribution in [-0.2, 0) is 17.7 Å². The molecule has 14 heteroatoms. The zero-order valence-electron chi connectivity index (χ0n) is 27.8. The fraction of sp³-hybridized carbons (Fsp3) is 0.324. The van der Waals surface area contributed by atoms with E-state index < -0.39 is 35.7 Å². The molecule has 4 aromatic rings. The third-order valence-electron chi connectivity index (χ3n) is 9.62. The van der Waals surface area contributed by atoms with Gasteiger partial charge in [-0.05, 0) is 85.3 Å². The van der Waals surface area contributed by atoms with Crippen LogP contribution < -0.4 is 19.1 Å². The molecule has 1 amide bonds. The first-order valence-electron chi connectivity index (χ1n) is 16.3. The Balaban J connectivity index is 1.44. The van der Waals surface area contributed by atoms with E-state index in [-0.39, 0.29) is 40.2 Å². The number of methoxy groups -OCH3 is 2. The van der Waals surface area contributed by atoms with Crippen LogP contribution in [-0.4, -0.2) is 67.2 Å². The zero-order chi connectivity index (χ0) is 36.4. The number of hydrogen-bond donors (Lipinski definition) is 2. The molecule has 1 aromatic heterocycles. The van der Waals surface area contributed by atoms with Crippen molar-refractivity contribution in [3.05, 3.63) is 116 Å². The number of piperidine rings is 3. The molecule has 2 N–H and O–H groups in total. The van der Waals surface area contributed by atoms with Crippen LogP contribution in [0.15, 0.2) is 67.0 Å². The van der Waals surface area contributed by atoms with Crippen LogP contribution in [0.4, 0.5) is 19.3 Å². The van der Waals surface area contributed by atoms with E-state index in [1.165, 1.54) is 38.7 Å². The van der Waals surface area contributed by atoms with Crippen LogP contribution in [0.3, 0.4) is 0 Å². The number of fused-ring (bicyclic) bond motifs is 3. The summed E-state index contributed by atoms with van der Waals surface area (Å²) in [4.78, 5) is 29.8. The summed E-state index contributed by atoms with van der Waals surface area (Å²) in [7, 11) is 2.96. The number of carboxylic acid groups (broad SMARTS) is 1. The lowest BCUT2D eigenvalue weighted by Crippen LogP contribution is -2.53. The molecule has 0 spiro atoms. The maximum Gasteiger partial charge on any atom is 0.415 e. The standard InChI is InChI=1S/C37H35Cl2F2N3O7/c1-49-33-8-4-23(14-34(33)50-2)26(16-28-29(38)18-43(48)19-30(28)39)27-13-21(3-6-25(27)36(45)46)17-44(32-15-24(40)5-7-31(32)41)37(47)51-35-20-42-11-9-22(35)10-12-42/h3-8,13-15,18-19,22,26,35H,9-12,16-17,20H2,1-2H3,(H-,45,46,48)/p+1/t26-,35-/m0/s1. The van der Waals surface area contributed by atoms with Crippen molar-refractivity contribution in [1.29, 1.82) is 0 Å². The number of anilines is 1. The smallest absolute Gasteiger partial charge is 0.415 e. The number of hydrogen-bond acceptors (Lipinski definition) is 7. The quantitative estimate of drug-likeness (QED) is 0.123. The van der Waals surface area contributed by atoms with Crippen molar-refractivity contribution in [3.8, 4) is 11.5 Å². The van der Waals surface area contributed by atoms with Crippen LogP contribution in [0.25, 0.3) is 0 Å². The number of rotatable bonds is 11. The predicted molar refractivity (Wildman–Crippen MR) is 184 cm³/mol. The van der Waals surface area contributed by atoms with E-state index in [0.717, 1.165) is 53.8 Å². The number of amides is 1. The first kappa shape index (κ1) is 36.2. The highest BCUT2D eigenvalue weighted by molar-refractivity contribution is 6.35. The van der Waals surface area contributed by atoms with Crippen LogP contribution in [0.5, 0.6) is 11.5 Å². The highest BCUT2D eigenvalue weighted by Crippen LogP contribution is 2.40. The van der Waals surface area contributed by atoms with Gasteiger partial charge >= 0.3 is 12.1 Å². The summed E-state index contributed by atoms with van der Waals surface area (Å²) in [6.07, 6.45) is 3.08. The Bertz CT molecular complexity index is 1930. The Morgan fingerprint density at radius 3 is 2.31 bits per heavy atom. The minimum atomic E-state index is -1.23. The molecule has 3 fully saturated rings. The summed E-state index contributed by atoms with van der Waals surface area (Å²) in [6.45, 7) is 2.12. The molecule has 10 nitrogen and oxygen atoms in total. The Morgan fingerprint density at radius 1 is 0.980 bits per heavy atom. The van der Waals surface area contributed by atoms with Crippen molar-refractivity contribution in [2.45, 2.75) is 37.8 Å². The Hall–Kier alpha value is -4.65. The maximum atomic E-state index is 15.3. The molecule has 268 valence electrons. The highest BCUT2D eigenvalue weighted by atomic mass is 35.5. The van der Waals surface area contributed by atoms with Gasteiger partial charge in [0.05, 0.1) is 32.0 Å². The van der Waals surface area contributed by atoms with Crippen molar-refractivity contribution in [2.75, 3.05) is 38.8 Å². The first-order valence-corrected chi connectivity index (χ1v) is 17.0. The second kappa shape index (κ2) is 15.3. The van der Waals surface area contributed by atoms with E-state index in [1.807, 2.05) is 0 Å². The molecule has 2 atom stereocenters. The topological polar surface area (TPSA) is 113 Å². The number of carbonyl (C=O) groups is 2. The van der Waals surface area contributed by atoms with Gasteiger partial charge in [-0.25, -0.2) is 18.4 Å².